The van der Waals surface area contributed by atoms with Gasteiger partial charge >= 0.3 is 6.09 Å². The van der Waals surface area contributed by atoms with Gasteiger partial charge in [-0.05, 0) is 32.0 Å². The van der Waals surface area contributed by atoms with E-state index in [4.69, 9.17) is 9.97 Å². The van der Waals surface area contributed by atoms with Crippen LogP contribution in [0, 0.1) is 0 Å². The normalized spacial score (nSPS) is 12.8. The smallest absolute Gasteiger partial charge is 0.407 e. The molecule has 0 fully saturated rings. The lowest BCUT2D eigenvalue weighted by molar-refractivity contribution is 0.0996. The van der Waals surface area contributed by atoms with Crippen LogP contribution in [0.3, 0.4) is 0 Å². The summed E-state index contributed by atoms with van der Waals surface area (Å²) in [5.41, 5.74) is 3.04. The van der Waals surface area contributed by atoms with E-state index in [9.17, 15) is 14.7 Å². The van der Waals surface area contributed by atoms with Gasteiger partial charge in [0.1, 0.15) is 23.7 Å². The Morgan fingerprint density at radius 1 is 1.21 bits per heavy atom. The lowest BCUT2D eigenvalue weighted by Gasteiger charge is -2.24. The quantitative estimate of drug-likeness (QED) is 0.393. The molecule has 0 aromatic carbocycles. The van der Waals surface area contributed by atoms with Gasteiger partial charge in [-0.3, -0.25) is 18.9 Å². The van der Waals surface area contributed by atoms with Crippen LogP contribution in [0.4, 0.5) is 16.4 Å². The van der Waals surface area contributed by atoms with Crippen LogP contribution in [-0.2, 0) is 20.1 Å². The van der Waals surface area contributed by atoms with Crippen molar-refractivity contribution in [2.24, 2.45) is 7.05 Å². The number of amides is 2. The summed E-state index contributed by atoms with van der Waals surface area (Å²) < 4.78 is 3.46. The summed E-state index contributed by atoms with van der Waals surface area (Å²) in [5, 5.41) is 21.9. The van der Waals surface area contributed by atoms with Gasteiger partial charge in [-0.25, -0.2) is 14.8 Å². The molecule has 0 atom stereocenters. The van der Waals surface area contributed by atoms with E-state index >= 15 is 0 Å². The fraction of sp³-hybridized carbons (Fsp3) is 0.320. The van der Waals surface area contributed by atoms with E-state index in [1.165, 1.54) is 7.05 Å². The third-order valence-electron chi connectivity index (χ3n) is 6.59. The van der Waals surface area contributed by atoms with E-state index in [2.05, 4.69) is 15.3 Å². The van der Waals surface area contributed by atoms with Gasteiger partial charge in [0.15, 0.2) is 5.82 Å². The summed E-state index contributed by atoms with van der Waals surface area (Å²) in [4.78, 5) is 39.4. The number of rotatable bonds is 7. The van der Waals surface area contributed by atoms with Crippen LogP contribution >= 0.6 is 0 Å². The van der Waals surface area contributed by atoms with Crippen LogP contribution in [0.2, 0.25) is 0 Å². The van der Waals surface area contributed by atoms with Gasteiger partial charge in [-0.2, -0.15) is 5.10 Å². The molecular weight excluding hydrogens is 488 g/mol. The lowest BCUT2D eigenvalue weighted by Crippen LogP contribution is -2.29. The highest BCUT2D eigenvalue weighted by Crippen LogP contribution is 2.33. The third-order valence-corrected chi connectivity index (χ3v) is 6.59. The number of carbonyl (C=O) groups excluding carboxylic acids is 1. The monoisotopic (exact) mass is 516 g/mol. The van der Waals surface area contributed by atoms with Crippen molar-refractivity contribution in [2.45, 2.75) is 33.0 Å². The predicted molar refractivity (Wildman–Crippen MR) is 139 cm³/mol. The van der Waals surface area contributed by atoms with Gasteiger partial charge in [0, 0.05) is 38.9 Å². The summed E-state index contributed by atoms with van der Waals surface area (Å²) in [6, 6.07) is 7.28. The van der Waals surface area contributed by atoms with Gasteiger partial charge in [0.25, 0.3) is 5.91 Å². The zero-order valence-electron chi connectivity index (χ0n) is 21.8. The van der Waals surface area contributed by atoms with Gasteiger partial charge < -0.3 is 14.9 Å². The first-order valence-electron chi connectivity index (χ1n) is 12.0. The fourth-order valence-corrected chi connectivity index (χ4v) is 4.24. The van der Waals surface area contributed by atoms with Gasteiger partial charge in [0.05, 0.1) is 36.2 Å². The van der Waals surface area contributed by atoms with E-state index in [1.54, 1.807) is 44.9 Å². The molecule has 0 spiro atoms. The second kappa shape index (κ2) is 9.57. The Kier molecular flexibility index (Phi) is 6.27. The molecule has 0 saturated heterocycles. The maximum absolute atomic E-state index is 13.7. The largest absolute Gasteiger partial charge is 0.465 e. The van der Waals surface area contributed by atoms with Crippen molar-refractivity contribution in [1.29, 1.82) is 0 Å². The van der Waals surface area contributed by atoms with Crippen LogP contribution < -0.4 is 9.80 Å². The van der Waals surface area contributed by atoms with Gasteiger partial charge in [-0.15, -0.1) is 10.2 Å². The van der Waals surface area contributed by atoms with Crippen molar-refractivity contribution in [3.63, 3.8) is 0 Å². The molecule has 13 nitrogen and oxygen atoms in total. The number of carbonyl (C=O) groups is 2. The molecule has 4 aromatic heterocycles. The van der Waals surface area contributed by atoms with E-state index in [0.717, 1.165) is 10.6 Å². The number of hydrogen-bond acceptors (Lipinski definition) is 8. The molecule has 1 aliphatic heterocycles. The maximum Gasteiger partial charge on any atom is 0.407 e. The third kappa shape index (κ3) is 4.42. The number of pyridine rings is 2. The molecule has 2 amide bonds. The van der Waals surface area contributed by atoms with E-state index in [0.29, 0.717) is 40.0 Å². The van der Waals surface area contributed by atoms with Crippen molar-refractivity contribution >= 4 is 23.6 Å². The molecule has 5 heterocycles. The summed E-state index contributed by atoms with van der Waals surface area (Å²) in [6.07, 6.45) is 4.05. The highest BCUT2D eigenvalue weighted by molar-refractivity contribution is 6.10. The first-order valence-corrected chi connectivity index (χ1v) is 12.0. The van der Waals surface area contributed by atoms with E-state index < -0.39 is 6.09 Å². The lowest BCUT2D eigenvalue weighted by atomic mass is 10.1. The molecule has 0 aliphatic carbocycles. The zero-order chi connectivity index (χ0) is 27.1. The molecular formula is C25H28N10O3. The number of fused-ring (bicyclic) bond motifs is 1. The molecule has 0 radical (unpaired) electrons. The average Bonchev–Trinajstić information content (AvgIpc) is 3.62. The SMILES string of the molecule is CC(C)N(C)c1cc2c(c(CN(C)C(=O)O)n1)CN(c1cccc(-c3nncn3-c3cnn(C)c3)n1)C2=O. The first kappa shape index (κ1) is 24.9. The molecule has 1 aliphatic rings. The molecule has 4 aromatic rings. The molecule has 0 bridgehead atoms. The molecule has 1 N–H and O–H groups in total. The number of aromatic nitrogens is 7. The van der Waals surface area contributed by atoms with Crippen LogP contribution in [0.25, 0.3) is 17.2 Å². The molecule has 196 valence electrons. The Hall–Kier alpha value is -4.81. The highest BCUT2D eigenvalue weighted by atomic mass is 16.4. The summed E-state index contributed by atoms with van der Waals surface area (Å²) >= 11 is 0. The summed E-state index contributed by atoms with van der Waals surface area (Å²) in [5.74, 6) is 1.34. The van der Waals surface area contributed by atoms with Crippen molar-refractivity contribution in [2.75, 3.05) is 23.9 Å². The second-order valence-corrected chi connectivity index (χ2v) is 9.47. The van der Waals surface area contributed by atoms with Crippen molar-refractivity contribution < 1.29 is 14.7 Å². The molecule has 13 heteroatoms. The standard InChI is InChI=1S/C25H28N10O3/c1-15(2)33(5)22-9-17-18(20(29-22)13-31(3)25(37)38)12-34(24(17)36)21-8-6-7-19(28-21)23-30-26-14-35(23)16-10-27-32(4)11-16/h6-11,14-15H,12-13H2,1-5H3,(H,37,38). The Balaban J connectivity index is 1.52. The summed E-state index contributed by atoms with van der Waals surface area (Å²) in [6.45, 7) is 4.32. The number of carboxylic acid groups (broad SMARTS) is 1. The second-order valence-electron chi connectivity index (χ2n) is 9.47. The molecule has 0 unspecified atom stereocenters. The van der Waals surface area contributed by atoms with E-state index in [1.807, 2.05) is 45.1 Å². The average molecular weight is 517 g/mol. The van der Waals surface area contributed by atoms with Crippen molar-refractivity contribution in [1.82, 2.24) is 39.4 Å². The Morgan fingerprint density at radius 2 is 2.00 bits per heavy atom. The minimum Gasteiger partial charge on any atom is -0.465 e. The highest BCUT2D eigenvalue weighted by Gasteiger charge is 2.34. The van der Waals surface area contributed by atoms with Crippen molar-refractivity contribution in [3.8, 4) is 17.2 Å². The minimum atomic E-state index is -1.07. The van der Waals surface area contributed by atoms with Gasteiger partial charge in [0.2, 0.25) is 0 Å². The molecule has 0 saturated carbocycles. The van der Waals surface area contributed by atoms with E-state index in [-0.39, 0.29) is 25.0 Å². The van der Waals surface area contributed by atoms with Crippen LogP contribution in [0.1, 0.15) is 35.5 Å². The molecule has 5 rings (SSSR count). The Labute approximate surface area is 219 Å². The van der Waals surface area contributed by atoms with Crippen LogP contribution in [0.15, 0.2) is 43.0 Å². The van der Waals surface area contributed by atoms with Crippen molar-refractivity contribution in [3.05, 3.63) is 59.8 Å². The predicted octanol–water partition coefficient (Wildman–Crippen LogP) is 2.57. The number of aryl methyl sites for hydroxylation is 1. The maximum atomic E-state index is 13.7. The van der Waals surface area contributed by atoms with Gasteiger partial charge in [-0.1, -0.05) is 6.07 Å². The summed E-state index contributed by atoms with van der Waals surface area (Å²) in [7, 11) is 5.20. The Morgan fingerprint density at radius 3 is 2.68 bits per heavy atom. The number of nitrogens with zero attached hydrogens (tertiary/aromatic N) is 10. The fourth-order valence-electron chi connectivity index (χ4n) is 4.24. The minimum absolute atomic E-state index is 0.0558. The zero-order valence-corrected chi connectivity index (χ0v) is 21.8. The molecule has 38 heavy (non-hydrogen) atoms. The topological polar surface area (TPSA) is 138 Å². The van der Waals surface area contributed by atoms with Crippen LogP contribution in [0.5, 0.6) is 0 Å². The Bertz CT molecular complexity index is 1530. The number of hydrogen-bond donors (Lipinski definition) is 1. The number of anilines is 2. The van der Waals surface area contributed by atoms with Crippen LogP contribution in [-0.4, -0.2) is 76.7 Å². The first-order chi connectivity index (χ1) is 18.1.